The van der Waals surface area contributed by atoms with Crippen molar-refractivity contribution in [3.8, 4) is 56.4 Å². The van der Waals surface area contributed by atoms with Gasteiger partial charge in [-0.2, -0.15) is 0 Å². The molecule has 0 saturated heterocycles. The summed E-state index contributed by atoms with van der Waals surface area (Å²) in [7, 11) is 0. The summed E-state index contributed by atoms with van der Waals surface area (Å²) in [4.78, 5) is 16.2. The summed E-state index contributed by atoms with van der Waals surface area (Å²) in [5, 5.41) is 2.56. The van der Waals surface area contributed by atoms with Crippen LogP contribution in [0.25, 0.3) is 83.9 Å². The van der Waals surface area contributed by atoms with Crippen LogP contribution in [0.4, 0.5) is 0 Å². The summed E-state index contributed by atoms with van der Waals surface area (Å²) in [6.07, 6.45) is 6.86. The van der Waals surface area contributed by atoms with E-state index >= 15 is 0 Å². The van der Waals surface area contributed by atoms with Crippen molar-refractivity contribution in [3.63, 3.8) is 0 Å². The van der Waals surface area contributed by atoms with Crippen molar-refractivity contribution in [2.45, 2.75) is 16.1 Å². The summed E-state index contributed by atoms with van der Waals surface area (Å²) in [6.45, 7) is 0. The van der Waals surface area contributed by atoms with Gasteiger partial charge in [0.05, 0.1) is 0 Å². The molecule has 0 radical (unpaired) electrons. The second-order valence-electron chi connectivity index (χ2n) is 14.3. The molecule has 0 spiro atoms. The van der Waals surface area contributed by atoms with Gasteiger partial charge in [0, 0.05) is 43.5 Å². The third-order valence-electron chi connectivity index (χ3n) is 10.9. The SMILES string of the molecule is C1=CC2Sc3cc(-c4ccccc4)ccc3C2C(c2ccc3c(c2)oc2cccc(-c4cccc(-c5nc(-c6ccccc6)nc(-c6ccccc6)n5)c4)c23)=C1. The highest BCUT2D eigenvalue weighted by Crippen LogP contribution is 2.54. The number of rotatable bonds is 6. The van der Waals surface area contributed by atoms with Crippen molar-refractivity contribution in [2.75, 3.05) is 0 Å². The Balaban J connectivity index is 0.970. The molecule has 11 rings (SSSR count). The van der Waals surface area contributed by atoms with Gasteiger partial charge in [-0.1, -0.05) is 158 Å². The van der Waals surface area contributed by atoms with Crippen molar-refractivity contribution >= 4 is 39.3 Å². The molecule has 2 unspecified atom stereocenters. The van der Waals surface area contributed by atoms with Crippen LogP contribution in [0.5, 0.6) is 0 Å². The van der Waals surface area contributed by atoms with Crippen LogP contribution in [0.3, 0.4) is 0 Å². The Morgan fingerprint density at radius 2 is 1.09 bits per heavy atom. The van der Waals surface area contributed by atoms with Gasteiger partial charge in [-0.15, -0.1) is 11.8 Å². The van der Waals surface area contributed by atoms with Crippen molar-refractivity contribution < 1.29 is 4.42 Å². The Bertz CT molecular complexity index is 2950. The van der Waals surface area contributed by atoms with Crippen LogP contribution in [0.2, 0.25) is 0 Å². The summed E-state index contributed by atoms with van der Waals surface area (Å²) in [5.74, 6) is 2.20. The van der Waals surface area contributed by atoms with Gasteiger partial charge < -0.3 is 4.42 Å². The van der Waals surface area contributed by atoms with Crippen LogP contribution < -0.4 is 0 Å². The van der Waals surface area contributed by atoms with E-state index in [1.807, 2.05) is 72.4 Å². The maximum absolute atomic E-state index is 6.65. The largest absolute Gasteiger partial charge is 0.456 e. The lowest BCUT2D eigenvalue weighted by Crippen LogP contribution is -2.12. The van der Waals surface area contributed by atoms with Crippen molar-refractivity contribution in [2.24, 2.45) is 0 Å². The number of hydrogen-bond donors (Lipinski definition) is 0. The van der Waals surface area contributed by atoms with Crippen LogP contribution in [-0.4, -0.2) is 20.2 Å². The molecule has 9 aromatic rings. The van der Waals surface area contributed by atoms with Crippen LogP contribution >= 0.6 is 11.8 Å². The predicted molar refractivity (Wildman–Crippen MR) is 230 cm³/mol. The first-order valence-corrected chi connectivity index (χ1v) is 19.8. The van der Waals surface area contributed by atoms with E-state index in [2.05, 4.69) is 127 Å². The highest BCUT2D eigenvalue weighted by Gasteiger charge is 2.36. The number of hydrogen-bond acceptors (Lipinski definition) is 5. The van der Waals surface area contributed by atoms with Crippen LogP contribution in [0.1, 0.15) is 17.0 Å². The fourth-order valence-corrected chi connectivity index (χ4v) is 9.67. The zero-order valence-corrected chi connectivity index (χ0v) is 31.0. The molecule has 0 bridgehead atoms. The molecule has 2 atom stereocenters. The molecular formula is C51H33N3OS. The lowest BCUT2D eigenvalue weighted by molar-refractivity contribution is 0.669. The third-order valence-corrected chi connectivity index (χ3v) is 12.2. The number of aromatic nitrogens is 3. The smallest absolute Gasteiger partial charge is 0.164 e. The summed E-state index contributed by atoms with van der Waals surface area (Å²) >= 11 is 1.97. The minimum Gasteiger partial charge on any atom is -0.456 e. The average Bonchev–Trinajstić information content (AvgIpc) is 3.85. The molecule has 264 valence electrons. The van der Waals surface area contributed by atoms with Crippen LogP contribution in [-0.2, 0) is 0 Å². The minimum absolute atomic E-state index is 0.283. The van der Waals surface area contributed by atoms with E-state index in [4.69, 9.17) is 19.4 Å². The number of fused-ring (bicyclic) bond motifs is 6. The molecule has 1 aliphatic heterocycles. The standard InChI is InChI=1S/C51H33N3OS/c1-4-13-32(14-5-1)35-25-28-42-46(31-35)56-45-24-12-22-40(48(42)45)37-26-27-41-44(30-37)55-43-23-11-21-39(47(41)43)36-19-10-20-38(29-36)51-53-49(33-15-6-2-7-16-33)52-50(54-51)34-17-8-3-9-18-34/h1-31,45,48H. The average molecular weight is 736 g/mol. The first kappa shape index (κ1) is 32.6. The number of nitrogens with zero attached hydrogens (tertiary/aromatic N) is 3. The highest BCUT2D eigenvalue weighted by atomic mass is 32.2. The van der Waals surface area contributed by atoms with Crippen LogP contribution in [0.15, 0.2) is 197 Å². The Kier molecular flexibility index (Phi) is 7.85. The Labute approximate surface area is 329 Å². The van der Waals surface area contributed by atoms with E-state index in [9.17, 15) is 0 Å². The highest BCUT2D eigenvalue weighted by molar-refractivity contribution is 8.00. The monoisotopic (exact) mass is 735 g/mol. The Hall–Kier alpha value is -6.82. The van der Waals surface area contributed by atoms with Gasteiger partial charge >= 0.3 is 0 Å². The molecule has 56 heavy (non-hydrogen) atoms. The molecule has 1 aliphatic carbocycles. The molecule has 0 fully saturated rings. The van der Waals surface area contributed by atoms with E-state index in [1.165, 1.54) is 32.7 Å². The van der Waals surface area contributed by atoms with Crippen molar-refractivity contribution in [1.82, 2.24) is 15.0 Å². The summed E-state index contributed by atoms with van der Waals surface area (Å²) in [6, 6.07) is 59.4. The molecule has 4 nitrogen and oxygen atoms in total. The van der Waals surface area contributed by atoms with E-state index in [0.717, 1.165) is 49.8 Å². The van der Waals surface area contributed by atoms with Gasteiger partial charge in [0.1, 0.15) is 11.2 Å². The molecule has 2 aromatic heterocycles. The molecule has 7 aromatic carbocycles. The van der Waals surface area contributed by atoms with Gasteiger partial charge in [0.15, 0.2) is 17.5 Å². The molecule has 2 aliphatic rings. The molecule has 0 amide bonds. The summed E-state index contributed by atoms with van der Waals surface area (Å²) < 4.78 is 6.65. The fourth-order valence-electron chi connectivity index (χ4n) is 8.25. The van der Waals surface area contributed by atoms with Gasteiger partial charge in [-0.05, 0) is 69.3 Å². The normalized spacial score (nSPS) is 15.8. The van der Waals surface area contributed by atoms with E-state index < -0.39 is 0 Å². The number of benzene rings is 7. The van der Waals surface area contributed by atoms with Gasteiger partial charge in [-0.3, -0.25) is 0 Å². The van der Waals surface area contributed by atoms with Crippen molar-refractivity contribution in [1.29, 1.82) is 0 Å². The Morgan fingerprint density at radius 3 is 1.82 bits per heavy atom. The first-order chi connectivity index (χ1) is 27.7. The maximum atomic E-state index is 6.65. The van der Waals surface area contributed by atoms with Gasteiger partial charge in [0.25, 0.3) is 0 Å². The maximum Gasteiger partial charge on any atom is 0.164 e. The molecule has 0 saturated carbocycles. The van der Waals surface area contributed by atoms with Gasteiger partial charge in [0.2, 0.25) is 0 Å². The predicted octanol–water partition coefficient (Wildman–Crippen LogP) is 13.3. The second-order valence-corrected chi connectivity index (χ2v) is 15.5. The molecule has 0 N–H and O–H groups in total. The molecule has 5 heteroatoms. The van der Waals surface area contributed by atoms with Gasteiger partial charge in [-0.25, -0.2) is 15.0 Å². The first-order valence-electron chi connectivity index (χ1n) is 18.9. The minimum atomic E-state index is 0.283. The number of furan rings is 1. The second kappa shape index (κ2) is 13.5. The van der Waals surface area contributed by atoms with Crippen LogP contribution in [0, 0.1) is 0 Å². The third kappa shape index (κ3) is 5.67. The summed E-state index contributed by atoms with van der Waals surface area (Å²) in [5.41, 5.74) is 13.2. The quantitative estimate of drug-likeness (QED) is 0.170. The van der Waals surface area contributed by atoms with E-state index in [0.29, 0.717) is 22.7 Å². The topological polar surface area (TPSA) is 51.8 Å². The molecule has 3 heterocycles. The van der Waals surface area contributed by atoms with Crippen molar-refractivity contribution in [3.05, 3.63) is 199 Å². The lowest BCUT2D eigenvalue weighted by Gasteiger charge is -2.24. The lowest BCUT2D eigenvalue weighted by atomic mass is 9.81. The molecular weight excluding hydrogens is 703 g/mol. The van der Waals surface area contributed by atoms with E-state index in [1.54, 1.807) is 0 Å². The fraction of sp³-hybridized carbons (Fsp3) is 0.0392. The number of allylic oxidation sites excluding steroid dienone is 3. The zero-order chi connectivity index (χ0) is 37.0. The Morgan fingerprint density at radius 1 is 0.464 bits per heavy atom. The zero-order valence-electron chi connectivity index (χ0n) is 30.2. The van der Waals surface area contributed by atoms with E-state index in [-0.39, 0.29) is 5.92 Å². The number of thioether (sulfide) groups is 1.